The largest absolute Gasteiger partial charge is 0.459 e. The molecule has 0 aliphatic carbocycles. The molecule has 3 atom stereocenters. The molecule has 0 radical (unpaired) electrons. The lowest BCUT2D eigenvalue weighted by Gasteiger charge is -2.25. The molecular formula is C21H17Cl2N3OS. The molecule has 0 saturated carbocycles. The minimum atomic E-state index is -0.0796. The van der Waals surface area contributed by atoms with Gasteiger partial charge in [0.05, 0.1) is 15.7 Å². The smallest absolute Gasteiger partial charge is 0.161 e. The summed E-state index contributed by atoms with van der Waals surface area (Å²) in [5.41, 5.74) is 1.86. The second-order valence-corrected chi connectivity index (χ2v) is 9.19. The highest BCUT2D eigenvalue weighted by Gasteiger charge is 2.45. The third-order valence-electron chi connectivity index (χ3n) is 5.00. The molecule has 1 saturated heterocycles. The molecule has 0 spiro atoms. The van der Waals surface area contributed by atoms with Gasteiger partial charge in [0.25, 0.3) is 0 Å². The zero-order valence-electron chi connectivity index (χ0n) is 15.0. The van der Waals surface area contributed by atoms with Crippen LogP contribution in [0.5, 0.6) is 0 Å². The quantitative estimate of drug-likeness (QED) is 0.494. The number of fused-ring (bicyclic) bond motifs is 1. The van der Waals surface area contributed by atoms with Crippen LogP contribution in [0.15, 0.2) is 64.1 Å². The Labute approximate surface area is 177 Å². The normalized spacial score (nSPS) is 23.8. The van der Waals surface area contributed by atoms with Gasteiger partial charge in [0.1, 0.15) is 23.6 Å². The Morgan fingerprint density at radius 3 is 2.79 bits per heavy atom. The van der Waals surface area contributed by atoms with Crippen LogP contribution < -0.4 is 0 Å². The second-order valence-electron chi connectivity index (χ2n) is 6.97. The van der Waals surface area contributed by atoms with Gasteiger partial charge in [-0.05, 0) is 42.5 Å². The minimum absolute atomic E-state index is 0.00104. The number of amidine groups is 1. The van der Waals surface area contributed by atoms with E-state index in [0.29, 0.717) is 15.3 Å². The summed E-state index contributed by atoms with van der Waals surface area (Å²) < 4.78 is 6.29. The number of halogens is 2. The van der Waals surface area contributed by atoms with Crippen molar-refractivity contribution in [1.82, 2.24) is 9.88 Å². The lowest BCUT2D eigenvalue weighted by Crippen LogP contribution is -2.28. The fraction of sp³-hybridized carbons (Fsp3) is 0.238. The summed E-state index contributed by atoms with van der Waals surface area (Å²) in [7, 11) is 0. The fourth-order valence-corrected chi connectivity index (χ4v) is 5.13. The molecule has 0 amide bonds. The van der Waals surface area contributed by atoms with Gasteiger partial charge in [-0.2, -0.15) is 0 Å². The zero-order chi connectivity index (χ0) is 19.3. The lowest BCUT2D eigenvalue weighted by atomic mass is 10.0. The van der Waals surface area contributed by atoms with Crippen LogP contribution in [0, 0.1) is 0 Å². The van der Waals surface area contributed by atoms with Crippen LogP contribution in [0.2, 0.25) is 10.0 Å². The van der Waals surface area contributed by atoms with E-state index in [0.717, 1.165) is 34.5 Å². The molecule has 4 nitrogen and oxygen atoms in total. The van der Waals surface area contributed by atoms with Crippen molar-refractivity contribution in [3.8, 4) is 11.3 Å². The topological polar surface area (TPSA) is 41.6 Å². The predicted octanol–water partition coefficient (Wildman–Crippen LogP) is 6.24. The predicted molar refractivity (Wildman–Crippen MR) is 115 cm³/mol. The van der Waals surface area contributed by atoms with Crippen molar-refractivity contribution in [2.24, 2.45) is 4.99 Å². The maximum atomic E-state index is 6.29. The highest BCUT2D eigenvalue weighted by molar-refractivity contribution is 8.14. The van der Waals surface area contributed by atoms with E-state index in [1.165, 1.54) is 0 Å². The fourth-order valence-electron chi connectivity index (χ4n) is 3.74. The molecule has 7 heteroatoms. The first kappa shape index (κ1) is 18.1. The van der Waals surface area contributed by atoms with Gasteiger partial charge in [-0.1, -0.05) is 48.0 Å². The number of benzene rings is 1. The molecule has 3 unspecified atom stereocenters. The van der Waals surface area contributed by atoms with E-state index >= 15 is 0 Å². The SMILES string of the molecule is CC1CN2C(=NC(c3ccccn3)C2c2ccc(-c3ccc(Cl)c(Cl)c3)o2)S1. The molecule has 142 valence electrons. The summed E-state index contributed by atoms with van der Waals surface area (Å²) in [6.45, 7) is 3.17. The number of thioether (sulfide) groups is 1. The monoisotopic (exact) mass is 429 g/mol. The number of nitrogens with zero attached hydrogens (tertiary/aromatic N) is 3. The van der Waals surface area contributed by atoms with Gasteiger partial charge in [-0.3, -0.25) is 4.98 Å². The van der Waals surface area contributed by atoms with E-state index < -0.39 is 0 Å². The Hall–Kier alpha value is -1.95. The van der Waals surface area contributed by atoms with E-state index in [1.807, 2.05) is 60.4 Å². The maximum Gasteiger partial charge on any atom is 0.161 e. The molecular weight excluding hydrogens is 413 g/mol. The minimum Gasteiger partial charge on any atom is -0.459 e. The first-order valence-electron chi connectivity index (χ1n) is 9.07. The van der Waals surface area contributed by atoms with Crippen molar-refractivity contribution < 1.29 is 4.42 Å². The summed E-state index contributed by atoms with van der Waals surface area (Å²) in [6.07, 6.45) is 1.81. The Bertz CT molecular complexity index is 1050. The molecule has 4 heterocycles. The number of aliphatic imine (C=N–C) groups is 1. The number of aromatic nitrogens is 1. The van der Waals surface area contributed by atoms with Gasteiger partial charge in [-0.15, -0.1) is 0 Å². The van der Waals surface area contributed by atoms with E-state index in [1.54, 1.807) is 6.07 Å². The van der Waals surface area contributed by atoms with Crippen LogP contribution in [0.3, 0.4) is 0 Å². The van der Waals surface area contributed by atoms with Crippen LogP contribution in [-0.2, 0) is 0 Å². The number of hydrogen-bond donors (Lipinski definition) is 0. The average molecular weight is 430 g/mol. The van der Waals surface area contributed by atoms with Crippen molar-refractivity contribution >= 4 is 40.1 Å². The third kappa shape index (κ3) is 3.11. The van der Waals surface area contributed by atoms with Gasteiger partial charge in [0.2, 0.25) is 0 Å². The standard InChI is InChI=1S/C21H17Cl2N3OS/c1-12-11-26-20(19(25-21(26)28-12)16-4-2-3-9-24-16)18-8-7-17(27-18)13-5-6-14(22)15(23)10-13/h2-10,12,19-20H,11H2,1H3. The Morgan fingerprint density at radius 1 is 1.11 bits per heavy atom. The zero-order valence-corrected chi connectivity index (χ0v) is 17.4. The maximum absolute atomic E-state index is 6.29. The summed E-state index contributed by atoms with van der Waals surface area (Å²) in [4.78, 5) is 11.9. The lowest BCUT2D eigenvalue weighted by molar-refractivity contribution is 0.277. The van der Waals surface area contributed by atoms with Crippen LogP contribution in [0.4, 0.5) is 0 Å². The second kappa shape index (κ2) is 7.14. The Balaban J connectivity index is 1.53. The summed E-state index contributed by atoms with van der Waals surface area (Å²) >= 11 is 14.0. The summed E-state index contributed by atoms with van der Waals surface area (Å²) in [5, 5.41) is 2.63. The number of rotatable bonds is 3. The average Bonchev–Trinajstić information content (AvgIpc) is 3.38. The van der Waals surface area contributed by atoms with E-state index in [9.17, 15) is 0 Å². The van der Waals surface area contributed by atoms with Gasteiger partial charge >= 0.3 is 0 Å². The van der Waals surface area contributed by atoms with E-state index in [4.69, 9.17) is 32.6 Å². The molecule has 2 aliphatic rings. The number of furan rings is 1. The molecule has 28 heavy (non-hydrogen) atoms. The summed E-state index contributed by atoms with van der Waals surface area (Å²) in [6, 6.07) is 15.4. The molecule has 5 rings (SSSR count). The summed E-state index contributed by atoms with van der Waals surface area (Å²) in [5.74, 6) is 1.65. The molecule has 2 aromatic heterocycles. The van der Waals surface area contributed by atoms with E-state index in [2.05, 4.69) is 16.8 Å². The van der Waals surface area contributed by atoms with Crippen molar-refractivity contribution in [3.63, 3.8) is 0 Å². The van der Waals surface area contributed by atoms with Crippen molar-refractivity contribution in [3.05, 3.63) is 76.2 Å². The van der Waals surface area contributed by atoms with Gasteiger partial charge in [-0.25, -0.2) is 4.99 Å². The first-order valence-corrected chi connectivity index (χ1v) is 10.7. The third-order valence-corrected chi connectivity index (χ3v) is 6.84. The number of pyridine rings is 1. The Kier molecular flexibility index (Phi) is 4.62. The Morgan fingerprint density at radius 2 is 2.00 bits per heavy atom. The van der Waals surface area contributed by atoms with Crippen LogP contribution in [0.1, 0.15) is 30.5 Å². The van der Waals surface area contributed by atoms with Gasteiger partial charge < -0.3 is 9.32 Å². The van der Waals surface area contributed by atoms with Crippen LogP contribution in [-0.4, -0.2) is 26.8 Å². The van der Waals surface area contributed by atoms with Crippen molar-refractivity contribution in [1.29, 1.82) is 0 Å². The van der Waals surface area contributed by atoms with Gasteiger partial charge in [0.15, 0.2) is 5.17 Å². The highest BCUT2D eigenvalue weighted by Crippen LogP contribution is 2.48. The first-order chi connectivity index (χ1) is 13.6. The van der Waals surface area contributed by atoms with Crippen LogP contribution >= 0.6 is 35.0 Å². The molecule has 3 aromatic rings. The molecule has 1 aromatic carbocycles. The molecule has 0 N–H and O–H groups in total. The van der Waals surface area contributed by atoms with Gasteiger partial charge in [0, 0.05) is 23.6 Å². The molecule has 0 bridgehead atoms. The van der Waals surface area contributed by atoms with Crippen molar-refractivity contribution in [2.45, 2.75) is 24.3 Å². The molecule has 1 fully saturated rings. The highest BCUT2D eigenvalue weighted by atomic mass is 35.5. The van der Waals surface area contributed by atoms with Crippen molar-refractivity contribution in [2.75, 3.05) is 6.54 Å². The molecule has 2 aliphatic heterocycles. The van der Waals surface area contributed by atoms with E-state index in [-0.39, 0.29) is 12.1 Å². The van der Waals surface area contributed by atoms with Crippen LogP contribution in [0.25, 0.3) is 11.3 Å². The number of hydrogen-bond acceptors (Lipinski definition) is 5.